The van der Waals surface area contributed by atoms with Crippen LogP contribution in [0.3, 0.4) is 0 Å². The van der Waals surface area contributed by atoms with Gasteiger partial charge in [0.1, 0.15) is 11.9 Å². The first-order chi connectivity index (χ1) is 11.2. The van der Waals surface area contributed by atoms with Gasteiger partial charge in [-0.15, -0.1) is 0 Å². The Hall–Kier alpha value is -2.08. The number of hydrogen-bond donors (Lipinski definition) is 1. The van der Waals surface area contributed by atoms with E-state index in [1.54, 1.807) is 24.3 Å². The van der Waals surface area contributed by atoms with E-state index < -0.39 is 6.10 Å². The summed E-state index contributed by atoms with van der Waals surface area (Å²) in [5.41, 5.74) is 0.681. The monoisotopic (exact) mass is 318 g/mol. The molecule has 2 heterocycles. The van der Waals surface area contributed by atoms with E-state index >= 15 is 0 Å². The van der Waals surface area contributed by atoms with E-state index in [0.717, 1.165) is 25.1 Å². The van der Waals surface area contributed by atoms with Gasteiger partial charge in [-0.1, -0.05) is 0 Å². The highest BCUT2D eigenvalue weighted by atomic mass is 16.5. The number of morpholine rings is 1. The number of anilines is 1. The Bertz CT molecular complexity index is 572. The smallest absolute Gasteiger partial charge is 0.252 e. The van der Waals surface area contributed by atoms with Gasteiger partial charge in [0.25, 0.3) is 5.91 Å². The van der Waals surface area contributed by atoms with Crippen LogP contribution in [0.15, 0.2) is 24.3 Å². The van der Waals surface area contributed by atoms with Gasteiger partial charge in [0.15, 0.2) is 0 Å². The second kappa shape index (κ2) is 7.00. The van der Waals surface area contributed by atoms with Crippen LogP contribution < -0.4 is 10.1 Å². The van der Waals surface area contributed by atoms with Crippen molar-refractivity contribution in [2.45, 2.75) is 38.3 Å². The third-order valence-electron chi connectivity index (χ3n) is 4.25. The standard InChI is InChI=1S/C17H22N2O4/c1-2-22-14-7-5-12(6-8-14)18-16(20)10-15-17(21)19-9-3-4-13(19)11-23-15/h5-8,13,15H,2-4,9-11H2,1H3,(H,18,20)/t13-,15-/m1/s1. The number of amides is 2. The molecule has 6 nitrogen and oxygen atoms in total. The van der Waals surface area contributed by atoms with Gasteiger partial charge in [0.2, 0.25) is 5.91 Å². The molecule has 0 radical (unpaired) electrons. The molecule has 2 saturated heterocycles. The van der Waals surface area contributed by atoms with Gasteiger partial charge in [0, 0.05) is 12.2 Å². The maximum atomic E-state index is 12.3. The van der Waals surface area contributed by atoms with E-state index in [0.29, 0.717) is 18.9 Å². The highest BCUT2D eigenvalue weighted by Crippen LogP contribution is 2.25. The van der Waals surface area contributed by atoms with Gasteiger partial charge < -0.3 is 19.7 Å². The van der Waals surface area contributed by atoms with Crippen molar-refractivity contribution in [1.82, 2.24) is 4.90 Å². The first-order valence-corrected chi connectivity index (χ1v) is 8.12. The van der Waals surface area contributed by atoms with Crippen molar-refractivity contribution in [2.24, 2.45) is 0 Å². The molecule has 6 heteroatoms. The number of rotatable bonds is 5. The summed E-state index contributed by atoms with van der Waals surface area (Å²) in [6.07, 6.45) is 1.41. The van der Waals surface area contributed by atoms with Crippen LogP contribution in [0.1, 0.15) is 26.2 Å². The maximum Gasteiger partial charge on any atom is 0.252 e. The Morgan fingerprint density at radius 1 is 1.39 bits per heavy atom. The van der Waals surface area contributed by atoms with Crippen molar-refractivity contribution in [2.75, 3.05) is 25.1 Å². The van der Waals surface area contributed by atoms with E-state index in [-0.39, 0.29) is 24.3 Å². The molecule has 0 aliphatic carbocycles. The zero-order chi connectivity index (χ0) is 16.2. The molecule has 1 aromatic carbocycles. The molecular weight excluding hydrogens is 296 g/mol. The number of carbonyl (C=O) groups excluding carboxylic acids is 2. The Morgan fingerprint density at radius 2 is 2.17 bits per heavy atom. The average Bonchev–Trinajstić information content (AvgIpc) is 3.02. The predicted octanol–water partition coefficient (Wildman–Crippen LogP) is 1.80. The van der Waals surface area contributed by atoms with Crippen molar-refractivity contribution in [1.29, 1.82) is 0 Å². The lowest BCUT2D eigenvalue weighted by Gasteiger charge is -2.34. The second-order valence-electron chi connectivity index (χ2n) is 5.86. The Balaban J connectivity index is 1.53. The molecule has 0 unspecified atom stereocenters. The van der Waals surface area contributed by atoms with Crippen LogP contribution in [0.5, 0.6) is 5.75 Å². The Labute approximate surface area is 135 Å². The van der Waals surface area contributed by atoms with E-state index in [1.165, 1.54) is 0 Å². The highest BCUT2D eigenvalue weighted by molar-refractivity contribution is 5.95. The summed E-state index contributed by atoms with van der Waals surface area (Å²) in [6, 6.07) is 7.37. The molecule has 0 bridgehead atoms. The van der Waals surface area contributed by atoms with Crippen LogP contribution in [0.25, 0.3) is 0 Å². The highest BCUT2D eigenvalue weighted by Gasteiger charge is 2.39. The lowest BCUT2D eigenvalue weighted by Crippen LogP contribution is -2.51. The fraction of sp³-hybridized carbons (Fsp3) is 0.529. The fourth-order valence-corrected chi connectivity index (χ4v) is 3.11. The largest absolute Gasteiger partial charge is 0.494 e. The van der Waals surface area contributed by atoms with Crippen LogP contribution in [0.2, 0.25) is 0 Å². The van der Waals surface area contributed by atoms with Crippen molar-refractivity contribution >= 4 is 17.5 Å². The Morgan fingerprint density at radius 3 is 2.91 bits per heavy atom. The molecule has 1 aromatic rings. The molecule has 0 spiro atoms. The van der Waals surface area contributed by atoms with E-state index in [4.69, 9.17) is 9.47 Å². The van der Waals surface area contributed by atoms with Gasteiger partial charge in [-0.25, -0.2) is 0 Å². The number of fused-ring (bicyclic) bond motifs is 1. The molecule has 23 heavy (non-hydrogen) atoms. The van der Waals surface area contributed by atoms with Crippen LogP contribution >= 0.6 is 0 Å². The van der Waals surface area contributed by atoms with Gasteiger partial charge in [-0.3, -0.25) is 9.59 Å². The molecule has 1 N–H and O–H groups in total. The summed E-state index contributed by atoms with van der Waals surface area (Å²) in [7, 11) is 0. The SMILES string of the molecule is CCOc1ccc(NC(=O)C[C@H]2OC[C@H]3CCCN3C2=O)cc1. The Kier molecular flexibility index (Phi) is 4.81. The topological polar surface area (TPSA) is 67.9 Å². The minimum Gasteiger partial charge on any atom is -0.494 e. The van der Waals surface area contributed by atoms with Crippen LogP contribution in [0, 0.1) is 0 Å². The zero-order valence-corrected chi connectivity index (χ0v) is 13.3. The van der Waals surface area contributed by atoms with E-state index in [1.807, 2.05) is 11.8 Å². The first-order valence-electron chi connectivity index (χ1n) is 8.12. The number of hydrogen-bond acceptors (Lipinski definition) is 4. The van der Waals surface area contributed by atoms with Crippen molar-refractivity contribution < 1.29 is 19.1 Å². The second-order valence-corrected chi connectivity index (χ2v) is 5.86. The molecule has 3 rings (SSSR count). The normalized spacial score (nSPS) is 23.5. The molecule has 2 amide bonds. The summed E-state index contributed by atoms with van der Waals surface area (Å²) >= 11 is 0. The summed E-state index contributed by atoms with van der Waals surface area (Å²) < 4.78 is 11.0. The van der Waals surface area contributed by atoms with Crippen LogP contribution in [-0.2, 0) is 14.3 Å². The lowest BCUT2D eigenvalue weighted by atomic mass is 10.1. The third-order valence-corrected chi connectivity index (χ3v) is 4.25. The first kappa shape index (κ1) is 15.8. The molecular formula is C17H22N2O4. The van der Waals surface area contributed by atoms with Gasteiger partial charge in [-0.05, 0) is 44.0 Å². The minimum absolute atomic E-state index is 0.0509. The lowest BCUT2D eigenvalue weighted by molar-refractivity contribution is -0.158. The zero-order valence-electron chi connectivity index (χ0n) is 13.3. The maximum absolute atomic E-state index is 12.3. The number of benzene rings is 1. The van der Waals surface area contributed by atoms with Gasteiger partial charge >= 0.3 is 0 Å². The summed E-state index contributed by atoms with van der Waals surface area (Å²) in [5, 5.41) is 2.79. The van der Waals surface area contributed by atoms with Crippen LogP contribution in [0.4, 0.5) is 5.69 Å². The molecule has 2 aliphatic heterocycles. The van der Waals surface area contributed by atoms with Crippen molar-refractivity contribution in [3.63, 3.8) is 0 Å². The molecule has 0 saturated carbocycles. The number of nitrogens with zero attached hydrogens (tertiary/aromatic N) is 1. The molecule has 0 aromatic heterocycles. The van der Waals surface area contributed by atoms with E-state index in [9.17, 15) is 9.59 Å². The summed E-state index contributed by atoms with van der Waals surface area (Å²) in [4.78, 5) is 26.3. The third kappa shape index (κ3) is 3.64. The molecule has 2 fully saturated rings. The molecule has 124 valence electrons. The van der Waals surface area contributed by atoms with Gasteiger partial charge in [-0.2, -0.15) is 0 Å². The van der Waals surface area contributed by atoms with Crippen LogP contribution in [-0.4, -0.2) is 48.6 Å². The number of nitrogens with one attached hydrogen (secondary N) is 1. The molecule has 2 atom stereocenters. The average molecular weight is 318 g/mol. The number of carbonyl (C=O) groups is 2. The van der Waals surface area contributed by atoms with E-state index in [2.05, 4.69) is 5.32 Å². The number of ether oxygens (including phenoxy) is 2. The van der Waals surface area contributed by atoms with Gasteiger partial charge in [0.05, 0.1) is 25.7 Å². The van der Waals surface area contributed by atoms with Crippen molar-refractivity contribution in [3.8, 4) is 5.75 Å². The summed E-state index contributed by atoms with van der Waals surface area (Å²) in [5.74, 6) is 0.488. The summed E-state index contributed by atoms with van der Waals surface area (Å²) in [6.45, 7) is 3.84. The molecule has 2 aliphatic rings. The fourth-order valence-electron chi connectivity index (χ4n) is 3.11. The quantitative estimate of drug-likeness (QED) is 0.899. The van der Waals surface area contributed by atoms with Crippen molar-refractivity contribution in [3.05, 3.63) is 24.3 Å². The predicted molar refractivity (Wildman–Crippen MR) is 85.3 cm³/mol. The minimum atomic E-state index is -0.660.